The van der Waals surface area contributed by atoms with Crippen LogP contribution in [0.1, 0.15) is 6.42 Å². The fourth-order valence-electron chi connectivity index (χ4n) is 0.773. The Labute approximate surface area is 74.7 Å². The van der Waals surface area contributed by atoms with Crippen molar-refractivity contribution in [1.82, 2.24) is 0 Å². The van der Waals surface area contributed by atoms with Crippen LogP contribution in [0, 0.1) is 5.92 Å². The van der Waals surface area contributed by atoms with E-state index in [-0.39, 0.29) is 13.0 Å². The lowest BCUT2D eigenvalue weighted by Gasteiger charge is -2.13. The van der Waals surface area contributed by atoms with Gasteiger partial charge in [-0.2, -0.15) is 0 Å². The minimum absolute atomic E-state index is 0.145. The van der Waals surface area contributed by atoms with Crippen molar-refractivity contribution in [2.75, 3.05) is 6.54 Å². The van der Waals surface area contributed by atoms with Crippen LogP contribution in [0.3, 0.4) is 0 Å². The Balaban J connectivity index is 4.28. The molecule has 0 radical (unpaired) electrons. The van der Waals surface area contributed by atoms with E-state index in [4.69, 9.17) is 28.2 Å². The molecule has 0 aromatic rings. The molecule has 0 saturated carbocycles. The van der Waals surface area contributed by atoms with Crippen molar-refractivity contribution in [1.29, 1.82) is 0 Å². The van der Waals surface area contributed by atoms with Crippen LogP contribution >= 0.6 is 11.6 Å². The van der Waals surface area contributed by atoms with E-state index < -0.39 is 23.2 Å². The molecule has 6 heteroatoms. The molecule has 0 aliphatic heterocycles. The van der Waals surface area contributed by atoms with Gasteiger partial charge in [-0.3, -0.25) is 9.59 Å². The molecule has 0 spiro atoms. The summed E-state index contributed by atoms with van der Waals surface area (Å²) in [6, 6.07) is 0. The molecular weight excluding hydrogens is 184 g/mol. The van der Waals surface area contributed by atoms with Gasteiger partial charge in [-0.15, -0.1) is 11.6 Å². The summed E-state index contributed by atoms with van der Waals surface area (Å²) in [6.07, 6.45) is 0.145. The largest absolute Gasteiger partial charge is 0.481 e. The second kappa shape index (κ2) is 4.95. The lowest BCUT2D eigenvalue weighted by molar-refractivity contribution is -0.143. The molecule has 0 heterocycles. The predicted molar refractivity (Wildman–Crippen MR) is 43.6 cm³/mol. The third-order valence-electron chi connectivity index (χ3n) is 1.42. The van der Waals surface area contributed by atoms with Crippen LogP contribution < -0.4 is 11.5 Å². The normalized spacial score (nSPS) is 15.2. The van der Waals surface area contributed by atoms with Gasteiger partial charge in [-0.25, -0.2) is 0 Å². The van der Waals surface area contributed by atoms with Gasteiger partial charge in [-0.05, 0) is 13.0 Å². The first-order chi connectivity index (χ1) is 5.50. The zero-order valence-corrected chi connectivity index (χ0v) is 7.12. The van der Waals surface area contributed by atoms with Gasteiger partial charge in [0, 0.05) is 0 Å². The van der Waals surface area contributed by atoms with E-state index in [1.165, 1.54) is 0 Å². The predicted octanol–water partition coefficient (Wildman–Crippen LogP) is -0.871. The number of hydrogen-bond acceptors (Lipinski definition) is 3. The van der Waals surface area contributed by atoms with Crippen LogP contribution in [0.4, 0.5) is 0 Å². The number of halogens is 1. The summed E-state index contributed by atoms with van der Waals surface area (Å²) in [5.74, 6) is -2.98. The van der Waals surface area contributed by atoms with E-state index in [0.717, 1.165) is 0 Å². The van der Waals surface area contributed by atoms with Gasteiger partial charge in [0.2, 0.25) is 5.91 Å². The van der Waals surface area contributed by atoms with Gasteiger partial charge in [0.05, 0.1) is 5.92 Å². The number of primary amides is 1. The molecule has 0 rings (SSSR count). The molecule has 0 fully saturated rings. The Morgan fingerprint density at radius 2 is 2.00 bits per heavy atom. The Morgan fingerprint density at radius 3 is 2.25 bits per heavy atom. The first-order valence-corrected chi connectivity index (χ1v) is 3.80. The number of amides is 1. The summed E-state index contributed by atoms with van der Waals surface area (Å²) >= 11 is 5.44. The van der Waals surface area contributed by atoms with E-state index in [1.807, 2.05) is 0 Å². The van der Waals surface area contributed by atoms with Crippen LogP contribution in [0.5, 0.6) is 0 Å². The molecule has 5 nitrogen and oxygen atoms in total. The molecule has 0 saturated heterocycles. The van der Waals surface area contributed by atoms with Crippen LogP contribution in [0.15, 0.2) is 0 Å². The van der Waals surface area contributed by atoms with Crippen molar-refractivity contribution in [2.45, 2.75) is 11.8 Å². The van der Waals surface area contributed by atoms with Crippen LogP contribution in [0.25, 0.3) is 0 Å². The van der Waals surface area contributed by atoms with Crippen molar-refractivity contribution < 1.29 is 14.7 Å². The van der Waals surface area contributed by atoms with Gasteiger partial charge in [0.1, 0.15) is 5.38 Å². The fourth-order valence-corrected chi connectivity index (χ4v) is 1.01. The topological polar surface area (TPSA) is 106 Å². The second-order valence-corrected chi connectivity index (χ2v) is 2.80. The zero-order valence-electron chi connectivity index (χ0n) is 6.37. The summed E-state index contributed by atoms with van der Waals surface area (Å²) < 4.78 is 0. The van der Waals surface area contributed by atoms with Gasteiger partial charge in [0.15, 0.2) is 0 Å². The van der Waals surface area contributed by atoms with Crippen molar-refractivity contribution >= 4 is 23.5 Å². The Kier molecular flexibility index (Phi) is 4.61. The first-order valence-electron chi connectivity index (χ1n) is 3.37. The number of carbonyl (C=O) groups excluding carboxylic acids is 1. The van der Waals surface area contributed by atoms with Crippen LogP contribution in [-0.4, -0.2) is 28.9 Å². The maximum Gasteiger partial charge on any atom is 0.308 e. The minimum atomic E-state index is -1.19. The summed E-state index contributed by atoms with van der Waals surface area (Å²) in [4.78, 5) is 21.0. The molecule has 5 N–H and O–H groups in total. The van der Waals surface area contributed by atoms with E-state index in [0.29, 0.717) is 0 Å². The summed E-state index contributed by atoms with van der Waals surface area (Å²) in [6.45, 7) is 0.160. The highest BCUT2D eigenvalue weighted by Crippen LogP contribution is 2.14. The minimum Gasteiger partial charge on any atom is -0.481 e. The summed E-state index contributed by atoms with van der Waals surface area (Å²) in [5, 5.41) is 7.39. The molecule has 0 aromatic heterocycles. The number of carboxylic acid groups (broad SMARTS) is 1. The highest BCUT2D eigenvalue weighted by atomic mass is 35.5. The SMILES string of the molecule is NCC[C@@H](C(=O)O)C(Cl)C(N)=O. The Bertz CT molecular complexity index is 186. The van der Waals surface area contributed by atoms with Crippen molar-refractivity contribution in [3.8, 4) is 0 Å². The quantitative estimate of drug-likeness (QED) is 0.495. The lowest BCUT2D eigenvalue weighted by Crippen LogP contribution is -2.36. The van der Waals surface area contributed by atoms with E-state index in [2.05, 4.69) is 0 Å². The average molecular weight is 195 g/mol. The van der Waals surface area contributed by atoms with Gasteiger partial charge < -0.3 is 16.6 Å². The number of nitrogens with two attached hydrogens (primary N) is 2. The van der Waals surface area contributed by atoms with E-state index >= 15 is 0 Å². The number of carboxylic acids is 1. The molecule has 0 bridgehead atoms. The Morgan fingerprint density at radius 1 is 1.50 bits per heavy atom. The molecule has 0 aromatic carbocycles. The summed E-state index contributed by atoms with van der Waals surface area (Å²) in [5.41, 5.74) is 9.96. The number of carbonyl (C=O) groups is 2. The van der Waals surface area contributed by atoms with Crippen LogP contribution in [-0.2, 0) is 9.59 Å². The highest BCUT2D eigenvalue weighted by Gasteiger charge is 2.29. The number of hydrogen-bond donors (Lipinski definition) is 3. The summed E-state index contributed by atoms with van der Waals surface area (Å²) in [7, 11) is 0. The van der Waals surface area contributed by atoms with E-state index in [1.54, 1.807) is 0 Å². The number of alkyl halides is 1. The maximum absolute atomic E-state index is 10.5. The number of rotatable bonds is 5. The van der Waals surface area contributed by atoms with Crippen LogP contribution in [0.2, 0.25) is 0 Å². The number of aliphatic carboxylic acids is 1. The van der Waals surface area contributed by atoms with Crippen molar-refractivity contribution in [2.24, 2.45) is 17.4 Å². The molecule has 0 aliphatic carbocycles. The molecule has 0 aliphatic rings. The first kappa shape index (κ1) is 11.2. The van der Waals surface area contributed by atoms with Crippen molar-refractivity contribution in [3.63, 3.8) is 0 Å². The molecule has 12 heavy (non-hydrogen) atoms. The molecular formula is C6H11ClN2O3. The lowest BCUT2D eigenvalue weighted by atomic mass is 10.0. The standard InChI is InChI=1S/C6H11ClN2O3/c7-4(5(9)10)3(1-2-8)6(11)12/h3-4H,1-2,8H2,(H2,9,10)(H,11,12)/t3-,4?/m1/s1. The zero-order chi connectivity index (χ0) is 9.72. The fraction of sp³-hybridized carbons (Fsp3) is 0.667. The smallest absolute Gasteiger partial charge is 0.308 e. The molecule has 1 amide bonds. The van der Waals surface area contributed by atoms with Gasteiger partial charge in [-0.1, -0.05) is 0 Å². The third kappa shape index (κ3) is 3.06. The van der Waals surface area contributed by atoms with Gasteiger partial charge in [0.25, 0.3) is 0 Å². The highest BCUT2D eigenvalue weighted by molar-refractivity contribution is 6.31. The molecule has 1 unspecified atom stereocenters. The monoisotopic (exact) mass is 194 g/mol. The molecule has 70 valence electrons. The maximum atomic E-state index is 10.5. The van der Waals surface area contributed by atoms with Gasteiger partial charge >= 0.3 is 5.97 Å². The van der Waals surface area contributed by atoms with Crippen molar-refractivity contribution in [3.05, 3.63) is 0 Å². The molecule has 2 atom stereocenters. The second-order valence-electron chi connectivity index (χ2n) is 2.33. The van der Waals surface area contributed by atoms with E-state index in [9.17, 15) is 9.59 Å². The Hall–Kier alpha value is -0.810. The third-order valence-corrected chi connectivity index (χ3v) is 1.94. The average Bonchev–Trinajstić information content (AvgIpc) is 1.98.